The smallest absolute Gasteiger partial charge is 0.268 e. The zero-order chi connectivity index (χ0) is 22.1. The number of halogens is 2. The van der Waals surface area contributed by atoms with Gasteiger partial charge in [-0.1, -0.05) is 30.3 Å². The van der Waals surface area contributed by atoms with Crippen LogP contribution >= 0.6 is 0 Å². The first-order chi connectivity index (χ1) is 14.8. The normalized spacial score (nSPS) is 22.2. The van der Waals surface area contributed by atoms with Gasteiger partial charge in [-0.05, 0) is 42.4 Å². The fourth-order valence-electron chi connectivity index (χ4n) is 4.49. The first kappa shape index (κ1) is 21.1. The summed E-state index contributed by atoms with van der Waals surface area (Å²) in [6.07, 6.45) is 4.12. The van der Waals surface area contributed by atoms with Crippen LogP contribution in [0.15, 0.2) is 48.8 Å². The van der Waals surface area contributed by atoms with Crippen LogP contribution in [0.5, 0.6) is 0 Å². The largest absolute Gasteiger partial charge is 0.317 e. The molecule has 1 saturated heterocycles. The highest BCUT2D eigenvalue weighted by Gasteiger charge is 2.62. The number of carbonyl (C=O) groups excluding carboxylic acids is 2. The van der Waals surface area contributed by atoms with Crippen molar-refractivity contribution in [1.29, 1.82) is 5.26 Å². The van der Waals surface area contributed by atoms with Gasteiger partial charge in [0.2, 0.25) is 5.91 Å². The summed E-state index contributed by atoms with van der Waals surface area (Å²) < 4.78 is 28.3. The first-order valence-corrected chi connectivity index (χ1v) is 10.4. The number of Topliss-reactive ketones (excluding diaryl/α,β-unsaturated/α-hetero) is 1. The summed E-state index contributed by atoms with van der Waals surface area (Å²) in [5.74, 6) is -4.08. The lowest BCUT2D eigenvalue weighted by Gasteiger charge is -2.31. The van der Waals surface area contributed by atoms with Gasteiger partial charge in [0.15, 0.2) is 5.78 Å². The van der Waals surface area contributed by atoms with Crippen LogP contribution in [0.3, 0.4) is 0 Å². The second-order valence-corrected chi connectivity index (χ2v) is 8.44. The number of rotatable bonds is 7. The number of nitriles is 1. The Morgan fingerprint density at radius 2 is 1.90 bits per heavy atom. The molecule has 0 radical (unpaired) electrons. The lowest BCUT2D eigenvalue weighted by Crippen LogP contribution is -2.48. The Balaban J connectivity index is 1.46. The predicted molar refractivity (Wildman–Crippen MR) is 109 cm³/mol. The van der Waals surface area contributed by atoms with Crippen LogP contribution in [-0.4, -0.2) is 39.6 Å². The van der Waals surface area contributed by atoms with Crippen molar-refractivity contribution in [3.63, 3.8) is 0 Å². The van der Waals surface area contributed by atoms with Gasteiger partial charge < -0.3 is 4.90 Å². The highest BCUT2D eigenvalue weighted by molar-refractivity contribution is 5.99. The van der Waals surface area contributed by atoms with Crippen molar-refractivity contribution in [3.05, 3.63) is 65.5 Å². The molecule has 1 aliphatic heterocycles. The number of hydrogen-bond acceptors (Lipinski definition) is 4. The number of aromatic nitrogens is 1. The Labute approximate surface area is 179 Å². The maximum absolute atomic E-state index is 14.1. The van der Waals surface area contributed by atoms with E-state index in [-0.39, 0.29) is 24.5 Å². The minimum atomic E-state index is -3.08. The van der Waals surface area contributed by atoms with E-state index < -0.39 is 30.3 Å². The zero-order valence-corrected chi connectivity index (χ0v) is 17.1. The quantitative estimate of drug-likeness (QED) is 0.627. The third-order valence-electron chi connectivity index (χ3n) is 6.15. The standard InChI is InChI=1S/C24H23F2N3O2/c25-24(26)14-23(15-27,19-6-7-19)29(16-24)22(31)9-8-21(30)20-10-11-28-13-18(20)12-17-4-2-1-3-5-17/h1-5,10-11,13,19H,6-9,12,14,16H2/t23-/m0/s1. The molecule has 2 fully saturated rings. The SMILES string of the molecule is N#C[C@]1(C2CC2)CC(F)(F)CN1C(=O)CCC(=O)c1ccncc1Cc1ccccc1. The molecule has 0 bridgehead atoms. The molecule has 0 N–H and O–H groups in total. The third-order valence-corrected chi connectivity index (χ3v) is 6.15. The Hall–Kier alpha value is -3.14. The van der Waals surface area contributed by atoms with Crippen molar-refractivity contribution in [2.45, 2.75) is 50.0 Å². The zero-order valence-electron chi connectivity index (χ0n) is 17.1. The van der Waals surface area contributed by atoms with E-state index in [2.05, 4.69) is 4.98 Å². The summed E-state index contributed by atoms with van der Waals surface area (Å²) in [4.78, 5) is 30.8. The molecule has 1 amide bonds. The molecule has 160 valence electrons. The van der Waals surface area contributed by atoms with Gasteiger partial charge in [0, 0.05) is 30.8 Å². The number of amides is 1. The van der Waals surface area contributed by atoms with E-state index in [1.807, 2.05) is 36.4 Å². The summed E-state index contributed by atoms with van der Waals surface area (Å²) in [5, 5.41) is 9.66. The number of benzene rings is 1. The third kappa shape index (κ3) is 4.34. The van der Waals surface area contributed by atoms with Crippen LogP contribution in [0, 0.1) is 17.2 Å². The number of ketones is 1. The highest BCUT2D eigenvalue weighted by Crippen LogP contribution is 2.52. The van der Waals surface area contributed by atoms with E-state index in [0.717, 1.165) is 16.0 Å². The number of nitrogens with zero attached hydrogens (tertiary/aromatic N) is 3. The Bertz CT molecular complexity index is 1030. The molecular weight excluding hydrogens is 400 g/mol. The maximum Gasteiger partial charge on any atom is 0.268 e. The second-order valence-electron chi connectivity index (χ2n) is 8.44. The molecule has 0 unspecified atom stereocenters. The van der Waals surface area contributed by atoms with E-state index in [1.54, 1.807) is 12.3 Å². The Kier molecular flexibility index (Phi) is 5.57. The highest BCUT2D eigenvalue weighted by atomic mass is 19.3. The molecule has 1 aromatic heterocycles. The lowest BCUT2D eigenvalue weighted by atomic mass is 9.90. The van der Waals surface area contributed by atoms with E-state index in [0.29, 0.717) is 24.8 Å². The van der Waals surface area contributed by atoms with Crippen molar-refractivity contribution in [2.24, 2.45) is 5.92 Å². The fraction of sp³-hybridized carbons (Fsp3) is 0.417. The van der Waals surface area contributed by atoms with E-state index >= 15 is 0 Å². The molecule has 1 aliphatic carbocycles. The van der Waals surface area contributed by atoms with Crippen molar-refractivity contribution in [1.82, 2.24) is 9.88 Å². The average Bonchev–Trinajstić information content (AvgIpc) is 3.57. The van der Waals surface area contributed by atoms with E-state index in [1.165, 1.54) is 6.20 Å². The topological polar surface area (TPSA) is 74.1 Å². The van der Waals surface area contributed by atoms with Crippen molar-refractivity contribution < 1.29 is 18.4 Å². The number of carbonyl (C=O) groups is 2. The van der Waals surface area contributed by atoms with Gasteiger partial charge in [0.1, 0.15) is 5.54 Å². The molecule has 7 heteroatoms. The summed E-state index contributed by atoms with van der Waals surface area (Å²) in [6.45, 7) is -0.751. The van der Waals surface area contributed by atoms with Crippen molar-refractivity contribution in [2.75, 3.05) is 6.54 Å². The number of likely N-dealkylation sites (tertiary alicyclic amines) is 1. The van der Waals surface area contributed by atoms with Crippen LogP contribution in [0.25, 0.3) is 0 Å². The van der Waals surface area contributed by atoms with Gasteiger partial charge in [0.05, 0.1) is 19.0 Å². The molecule has 31 heavy (non-hydrogen) atoms. The van der Waals surface area contributed by atoms with Crippen LogP contribution in [0.4, 0.5) is 8.78 Å². The van der Waals surface area contributed by atoms with Gasteiger partial charge in [-0.3, -0.25) is 14.6 Å². The molecule has 5 nitrogen and oxygen atoms in total. The van der Waals surface area contributed by atoms with Crippen molar-refractivity contribution in [3.8, 4) is 6.07 Å². The minimum Gasteiger partial charge on any atom is -0.317 e. The molecule has 2 aliphatic rings. The predicted octanol–water partition coefficient (Wildman–Crippen LogP) is 4.18. The van der Waals surface area contributed by atoms with Crippen molar-refractivity contribution >= 4 is 11.7 Å². The van der Waals surface area contributed by atoms with Gasteiger partial charge in [-0.2, -0.15) is 5.26 Å². The van der Waals surface area contributed by atoms with Gasteiger partial charge >= 0.3 is 0 Å². The minimum absolute atomic E-state index is 0.0983. The molecule has 1 aromatic carbocycles. The second kappa shape index (κ2) is 8.18. The van der Waals surface area contributed by atoms with Crippen LogP contribution in [0.1, 0.15) is 53.6 Å². The van der Waals surface area contributed by atoms with Crippen LogP contribution in [0.2, 0.25) is 0 Å². The number of pyridine rings is 1. The number of hydrogen-bond donors (Lipinski definition) is 0. The fourth-order valence-corrected chi connectivity index (χ4v) is 4.49. The molecule has 4 rings (SSSR count). The summed E-state index contributed by atoms with van der Waals surface area (Å²) in [7, 11) is 0. The Morgan fingerprint density at radius 1 is 1.16 bits per heavy atom. The number of alkyl halides is 2. The van der Waals surface area contributed by atoms with Gasteiger partial charge in [-0.15, -0.1) is 0 Å². The van der Waals surface area contributed by atoms with E-state index in [4.69, 9.17) is 0 Å². The van der Waals surface area contributed by atoms with E-state index in [9.17, 15) is 23.6 Å². The van der Waals surface area contributed by atoms with Gasteiger partial charge in [0.25, 0.3) is 5.92 Å². The molecule has 2 aromatic rings. The molecule has 1 saturated carbocycles. The maximum atomic E-state index is 14.1. The summed E-state index contributed by atoms with van der Waals surface area (Å²) in [5.41, 5.74) is 0.817. The van der Waals surface area contributed by atoms with Crippen LogP contribution < -0.4 is 0 Å². The lowest BCUT2D eigenvalue weighted by molar-refractivity contribution is -0.135. The monoisotopic (exact) mass is 423 g/mol. The first-order valence-electron chi connectivity index (χ1n) is 10.4. The molecule has 2 heterocycles. The molecule has 0 spiro atoms. The average molecular weight is 423 g/mol. The van der Waals surface area contributed by atoms with Gasteiger partial charge in [-0.25, -0.2) is 8.78 Å². The summed E-state index contributed by atoms with van der Waals surface area (Å²) in [6, 6.07) is 13.3. The van der Waals surface area contributed by atoms with Crippen LogP contribution in [-0.2, 0) is 11.2 Å². The molecule has 1 atom stereocenters. The summed E-state index contributed by atoms with van der Waals surface area (Å²) >= 11 is 0. The molecular formula is C24H23F2N3O2. The Morgan fingerprint density at radius 3 is 2.58 bits per heavy atom.